The van der Waals surface area contributed by atoms with Crippen LogP contribution in [-0.2, 0) is 16.6 Å². The van der Waals surface area contributed by atoms with Crippen LogP contribution in [0.15, 0.2) is 54.6 Å². The zero-order valence-electron chi connectivity index (χ0n) is 13.7. The number of ether oxygens (including phenoxy) is 1. The number of carbonyl (C=O) groups excluding carboxylic acids is 1. The van der Waals surface area contributed by atoms with Crippen molar-refractivity contribution in [2.24, 2.45) is 0 Å². The van der Waals surface area contributed by atoms with Gasteiger partial charge in [-0.25, -0.2) is 4.79 Å². The summed E-state index contributed by atoms with van der Waals surface area (Å²) in [5.41, 5.74) is 1.72. The highest BCUT2D eigenvalue weighted by Gasteiger charge is 2.05. The Bertz CT molecular complexity index is 660. The molecule has 0 aromatic heterocycles. The Balaban J connectivity index is 1.68. The number of hydrogen-bond acceptors (Lipinski definition) is 3. The van der Waals surface area contributed by atoms with E-state index in [-0.39, 0.29) is 6.03 Å². The Morgan fingerprint density at radius 3 is 2.46 bits per heavy atom. The van der Waals surface area contributed by atoms with Crippen LogP contribution >= 0.6 is 0 Å². The van der Waals surface area contributed by atoms with Crippen molar-refractivity contribution >= 4 is 22.5 Å². The number of benzene rings is 2. The number of hydrogen-bond donors (Lipinski definition) is 2. The fraction of sp³-hybridized carbons (Fsp3) is 0.278. The molecular weight excluding hydrogens is 324 g/mol. The van der Waals surface area contributed by atoms with Crippen LogP contribution in [0.4, 0.5) is 10.5 Å². The molecule has 24 heavy (non-hydrogen) atoms. The van der Waals surface area contributed by atoms with E-state index in [4.69, 9.17) is 4.74 Å². The third kappa shape index (κ3) is 6.42. The van der Waals surface area contributed by atoms with Crippen LogP contribution in [0, 0.1) is 0 Å². The summed E-state index contributed by atoms with van der Waals surface area (Å²) in [7, 11) is -0.998. The summed E-state index contributed by atoms with van der Waals surface area (Å²) in [5, 5.41) is 5.44. The lowest BCUT2D eigenvalue weighted by Gasteiger charge is -2.09. The van der Waals surface area contributed by atoms with Gasteiger partial charge in [0, 0.05) is 34.5 Å². The zero-order valence-corrected chi connectivity index (χ0v) is 14.5. The summed E-state index contributed by atoms with van der Waals surface area (Å²) < 4.78 is 17.3. The van der Waals surface area contributed by atoms with Gasteiger partial charge in [0.25, 0.3) is 0 Å². The number of nitrogens with one attached hydrogen (secondary N) is 2. The number of rotatable bonds is 8. The van der Waals surface area contributed by atoms with Crippen LogP contribution < -0.4 is 15.4 Å². The summed E-state index contributed by atoms with van der Waals surface area (Å²) in [6.45, 7) is 2.89. The fourth-order valence-corrected chi connectivity index (χ4v) is 3.13. The van der Waals surface area contributed by atoms with Crippen LogP contribution in [-0.4, -0.2) is 29.1 Å². The van der Waals surface area contributed by atoms with Crippen molar-refractivity contribution in [2.45, 2.75) is 12.7 Å². The molecule has 2 aromatic rings. The first-order valence-corrected chi connectivity index (χ1v) is 9.33. The Hall–Kier alpha value is -2.34. The molecule has 0 saturated heterocycles. The molecule has 0 aliphatic carbocycles. The van der Waals surface area contributed by atoms with Crippen molar-refractivity contribution in [1.82, 2.24) is 5.32 Å². The van der Waals surface area contributed by atoms with Crippen LogP contribution in [0.2, 0.25) is 0 Å². The number of anilines is 1. The molecule has 0 fully saturated rings. The molecule has 0 saturated carbocycles. The van der Waals surface area contributed by atoms with E-state index < -0.39 is 10.8 Å². The molecule has 5 nitrogen and oxygen atoms in total. The van der Waals surface area contributed by atoms with E-state index in [0.29, 0.717) is 30.3 Å². The fourth-order valence-electron chi connectivity index (χ4n) is 2.09. The lowest BCUT2D eigenvalue weighted by Crippen LogP contribution is -2.32. The summed E-state index contributed by atoms with van der Waals surface area (Å²) >= 11 is 0. The average molecular weight is 346 g/mol. The second-order valence-corrected chi connectivity index (χ2v) is 6.69. The standard InChI is InChI=1S/C18H22N2O3S/c1-2-23-17-10-8-16(9-11-17)20-18(21)19-12-13-24(22)14-15-6-4-3-5-7-15/h3-11H,2,12-14H2,1H3,(H2,19,20,21). The van der Waals surface area contributed by atoms with E-state index in [9.17, 15) is 9.00 Å². The van der Waals surface area contributed by atoms with Crippen molar-refractivity contribution in [3.8, 4) is 5.75 Å². The highest BCUT2D eigenvalue weighted by Crippen LogP contribution is 2.15. The van der Waals surface area contributed by atoms with E-state index >= 15 is 0 Å². The molecule has 0 heterocycles. The van der Waals surface area contributed by atoms with Crippen molar-refractivity contribution in [3.63, 3.8) is 0 Å². The van der Waals surface area contributed by atoms with Gasteiger partial charge in [0.1, 0.15) is 5.75 Å². The molecule has 0 aliphatic heterocycles. The third-order valence-corrected chi connectivity index (χ3v) is 4.52. The molecule has 0 bridgehead atoms. The van der Waals surface area contributed by atoms with E-state index in [1.807, 2.05) is 37.3 Å². The maximum atomic E-state index is 12.0. The molecule has 2 amide bonds. The van der Waals surface area contributed by atoms with E-state index in [0.717, 1.165) is 11.3 Å². The molecule has 2 rings (SSSR count). The minimum Gasteiger partial charge on any atom is -0.494 e. The van der Waals surface area contributed by atoms with Crippen molar-refractivity contribution in [3.05, 3.63) is 60.2 Å². The first-order chi connectivity index (χ1) is 11.7. The molecule has 0 spiro atoms. The molecular formula is C18H22N2O3S. The number of urea groups is 1. The Labute approximate surface area is 144 Å². The minimum absolute atomic E-state index is 0.309. The van der Waals surface area contributed by atoms with E-state index in [2.05, 4.69) is 10.6 Å². The first kappa shape index (κ1) is 18.0. The van der Waals surface area contributed by atoms with Gasteiger partial charge in [0.05, 0.1) is 6.61 Å². The first-order valence-electron chi connectivity index (χ1n) is 7.84. The Kier molecular flexibility index (Phi) is 7.29. The molecule has 1 atom stereocenters. The molecule has 2 N–H and O–H groups in total. The predicted molar refractivity (Wildman–Crippen MR) is 97.8 cm³/mol. The van der Waals surface area contributed by atoms with Gasteiger partial charge in [-0.1, -0.05) is 30.3 Å². The lowest BCUT2D eigenvalue weighted by molar-refractivity contribution is 0.252. The number of amides is 2. The topological polar surface area (TPSA) is 67.4 Å². The summed E-state index contributed by atoms with van der Waals surface area (Å²) in [6.07, 6.45) is 0. The van der Waals surface area contributed by atoms with Crippen molar-refractivity contribution in [1.29, 1.82) is 0 Å². The Morgan fingerprint density at radius 2 is 1.79 bits per heavy atom. The largest absolute Gasteiger partial charge is 0.494 e. The molecule has 0 aliphatic rings. The van der Waals surface area contributed by atoms with Gasteiger partial charge in [-0.3, -0.25) is 4.21 Å². The van der Waals surface area contributed by atoms with E-state index in [1.165, 1.54) is 0 Å². The van der Waals surface area contributed by atoms with Gasteiger partial charge in [-0.15, -0.1) is 0 Å². The van der Waals surface area contributed by atoms with E-state index in [1.54, 1.807) is 24.3 Å². The third-order valence-electron chi connectivity index (χ3n) is 3.21. The maximum absolute atomic E-state index is 12.0. The maximum Gasteiger partial charge on any atom is 0.319 e. The molecule has 0 radical (unpaired) electrons. The number of carbonyl (C=O) groups is 1. The van der Waals surface area contributed by atoms with Crippen LogP contribution in [0.1, 0.15) is 12.5 Å². The van der Waals surface area contributed by atoms with Crippen LogP contribution in [0.5, 0.6) is 5.75 Å². The molecule has 2 aromatic carbocycles. The summed E-state index contributed by atoms with van der Waals surface area (Å²) in [5.74, 6) is 1.69. The summed E-state index contributed by atoms with van der Waals surface area (Å²) in [6, 6.07) is 16.5. The molecule has 1 unspecified atom stereocenters. The van der Waals surface area contributed by atoms with Crippen molar-refractivity contribution in [2.75, 3.05) is 24.2 Å². The van der Waals surface area contributed by atoms with Gasteiger partial charge < -0.3 is 15.4 Å². The Morgan fingerprint density at radius 1 is 1.08 bits per heavy atom. The van der Waals surface area contributed by atoms with Gasteiger partial charge in [0.15, 0.2) is 0 Å². The average Bonchev–Trinajstić information content (AvgIpc) is 2.58. The molecule has 6 heteroatoms. The van der Waals surface area contributed by atoms with Gasteiger partial charge in [-0.05, 0) is 36.8 Å². The highest BCUT2D eigenvalue weighted by molar-refractivity contribution is 7.84. The second kappa shape index (κ2) is 9.72. The zero-order chi connectivity index (χ0) is 17.2. The van der Waals surface area contributed by atoms with Gasteiger partial charge in [0.2, 0.25) is 0 Å². The monoisotopic (exact) mass is 346 g/mol. The van der Waals surface area contributed by atoms with Gasteiger partial charge in [-0.2, -0.15) is 0 Å². The SMILES string of the molecule is CCOc1ccc(NC(=O)NCCS(=O)Cc2ccccc2)cc1. The molecule has 128 valence electrons. The van der Waals surface area contributed by atoms with Crippen molar-refractivity contribution < 1.29 is 13.7 Å². The predicted octanol–water partition coefficient (Wildman–Crippen LogP) is 3.16. The van der Waals surface area contributed by atoms with Crippen LogP contribution in [0.25, 0.3) is 0 Å². The van der Waals surface area contributed by atoms with Crippen LogP contribution in [0.3, 0.4) is 0 Å². The minimum atomic E-state index is -0.998. The second-order valence-electron chi connectivity index (χ2n) is 5.11. The summed E-state index contributed by atoms with van der Waals surface area (Å²) in [4.78, 5) is 11.8. The quantitative estimate of drug-likeness (QED) is 0.771. The van der Waals surface area contributed by atoms with Gasteiger partial charge >= 0.3 is 6.03 Å². The lowest BCUT2D eigenvalue weighted by atomic mass is 10.2. The normalized spacial score (nSPS) is 11.5. The highest BCUT2D eigenvalue weighted by atomic mass is 32.2. The smallest absolute Gasteiger partial charge is 0.319 e.